The van der Waals surface area contributed by atoms with Crippen LogP contribution in [0.5, 0.6) is 0 Å². The highest BCUT2D eigenvalue weighted by atomic mass is 16.4. The molecular formula is C16H22N4O4. The van der Waals surface area contributed by atoms with Gasteiger partial charge in [-0.15, -0.1) is 0 Å². The number of nitrogens with zero attached hydrogens (tertiary/aromatic N) is 4. The summed E-state index contributed by atoms with van der Waals surface area (Å²) in [6.07, 6.45) is -0.880. The van der Waals surface area contributed by atoms with Crippen LogP contribution in [0.15, 0.2) is 27.4 Å². The van der Waals surface area contributed by atoms with Crippen molar-refractivity contribution in [3.8, 4) is 0 Å². The molecule has 1 N–H and O–H groups in total. The summed E-state index contributed by atoms with van der Waals surface area (Å²) in [5.41, 5.74) is 2.30. The zero-order valence-electron chi connectivity index (χ0n) is 13.9. The van der Waals surface area contributed by atoms with Gasteiger partial charge < -0.3 is 24.2 Å². The number of rotatable bonds is 4. The summed E-state index contributed by atoms with van der Waals surface area (Å²) in [6, 6.07) is 5.72. The Balaban J connectivity index is 1.80. The minimum Gasteiger partial charge on any atom is -0.465 e. The molecule has 1 amide bonds. The van der Waals surface area contributed by atoms with E-state index in [2.05, 4.69) is 4.90 Å². The highest BCUT2D eigenvalue weighted by Gasteiger charge is 2.21. The molecule has 0 unspecified atom stereocenters. The summed E-state index contributed by atoms with van der Waals surface area (Å²) < 4.78 is 7.02. The highest BCUT2D eigenvalue weighted by Crippen LogP contribution is 2.23. The maximum atomic E-state index is 12.0. The molecule has 1 aromatic heterocycles. The van der Waals surface area contributed by atoms with Crippen LogP contribution in [0.25, 0.3) is 11.1 Å². The molecule has 130 valence electrons. The van der Waals surface area contributed by atoms with Gasteiger partial charge in [0.15, 0.2) is 5.58 Å². The number of aromatic nitrogens is 1. The SMILES string of the molecule is CN(C)CCn1c(=O)oc2cc(N3CCN(C(=O)O)CC3)ccc21. The van der Waals surface area contributed by atoms with E-state index >= 15 is 0 Å². The molecule has 1 aliphatic heterocycles. The topological polar surface area (TPSA) is 82.2 Å². The number of oxazole rings is 1. The Morgan fingerprint density at radius 3 is 2.58 bits per heavy atom. The van der Waals surface area contributed by atoms with E-state index in [0.29, 0.717) is 38.3 Å². The zero-order valence-corrected chi connectivity index (χ0v) is 13.9. The number of hydrogen-bond acceptors (Lipinski definition) is 5. The Labute approximate surface area is 139 Å². The largest absolute Gasteiger partial charge is 0.465 e. The Kier molecular flexibility index (Phi) is 4.48. The third kappa shape index (κ3) is 3.23. The van der Waals surface area contributed by atoms with Gasteiger partial charge >= 0.3 is 11.8 Å². The summed E-state index contributed by atoms with van der Waals surface area (Å²) in [5.74, 6) is -0.348. The van der Waals surface area contributed by atoms with Crippen LogP contribution in [0.4, 0.5) is 10.5 Å². The van der Waals surface area contributed by atoms with Crippen LogP contribution < -0.4 is 10.7 Å². The fourth-order valence-electron chi connectivity index (χ4n) is 2.92. The first kappa shape index (κ1) is 16.4. The predicted molar refractivity (Wildman–Crippen MR) is 90.8 cm³/mol. The maximum Gasteiger partial charge on any atom is 0.419 e. The van der Waals surface area contributed by atoms with E-state index in [0.717, 1.165) is 17.7 Å². The van der Waals surface area contributed by atoms with E-state index in [1.165, 1.54) is 4.90 Å². The van der Waals surface area contributed by atoms with Gasteiger partial charge in [-0.05, 0) is 26.2 Å². The van der Waals surface area contributed by atoms with Crippen LogP contribution in [-0.4, -0.2) is 72.4 Å². The molecule has 0 atom stereocenters. The van der Waals surface area contributed by atoms with Crippen molar-refractivity contribution < 1.29 is 14.3 Å². The highest BCUT2D eigenvalue weighted by molar-refractivity contribution is 5.78. The second kappa shape index (κ2) is 6.56. The molecule has 3 rings (SSSR count). The molecule has 0 bridgehead atoms. The summed E-state index contributed by atoms with van der Waals surface area (Å²) in [4.78, 5) is 28.6. The molecule has 0 spiro atoms. The number of anilines is 1. The number of hydrogen-bond donors (Lipinski definition) is 1. The Bertz CT molecular complexity index is 787. The van der Waals surface area contributed by atoms with Gasteiger partial charge in [-0.25, -0.2) is 9.59 Å². The molecule has 0 aliphatic carbocycles. The summed E-state index contributed by atoms with van der Waals surface area (Å²) in [5, 5.41) is 9.01. The normalized spacial score (nSPS) is 15.5. The van der Waals surface area contributed by atoms with Crippen molar-refractivity contribution in [1.82, 2.24) is 14.4 Å². The first-order valence-electron chi connectivity index (χ1n) is 7.96. The lowest BCUT2D eigenvalue weighted by Crippen LogP contribution is -2.48. The van der Waals surface area contributed by atoms with Crippen molar-refractivity contribution >= 4 is 22.9 Å². The number of piperazine rings is 1. The zero-order chi connectivity index (χ0) is 17.3. The molecule has 2 aromatic rings. The van der Waals surface area contributed by atoms with E-state index in [1.54, 1.807) is 4.57 Å². The van der Waals surface area contributed by atoms with Crippen molar-refractivity contribution in [3.63, 3.8) is 0 Å². The summed E-state index contributed by atoms with van der Waals surface area (Å²) >= 11 is 0. The molecule has 1 aliphatic rings. The van der Waals surface area contributed by atoms with E-state index in [9.17, 15) is 9.59 Å². The molecule has 1 aromatic carbocycles. The van der Waals surface area contributed by atoms with Crippen molar-refractivity contribution in [2.75, 3.05) is 51.7 Å². The molecule has 0 saturated carbocycles. The molecule has 8 heteroatoms. The first-order chi connectivity index (χ1) is 11.5. The van der Waals surface area contributed by atoms with Crippen molar-refractivity contribution in [2.24, 2.45) is 0 Å². The van der Waals surface area contributed by atoms with Gasteiger partial charge in [0.2, 0.25) is 0 Å². The van der Waals surface area contributed by atoms with Crippen LogP contribution in [-0.2, 0) is 6.54 Å². The number of fused-ring (bicyclic) bond motifs is 1. The number of benzene rings is 1. The average molecular weight is 334 g/mol. The number of amides is 1. The summed E-state index contributed by atoms with van der Waals surface area (Å²) in [7, 11) is 3.92. The lowest BCUT2D eigenvalue weighted by Gasteiger charge is -2.34. The Hall–Kier alpha value is -2.48. The predicted octanol–water partition coefficient (Wildman–Crippen LogP) is 0.956. The minimum atomic E-state index is -0.880. The molecule has 1 fully saturated rings. The number of carbonyl (C=O) groups is 1. The van der Waals surface area contributed by atoms with Gasteiger partial charge in [0.05, 0.1) is 5.52 Å². The van der Waals surface area contributed by atoms with Crippen LogP contribution in [0.2, 0.25) is 0 Å². The van der Waals surface area contributed by atoms with Crippen LogP contribution in [0, 0.1) is 0 Å². The van der Waals surface area contributed by atoms with E-state index in [1.807, 2.05) is 37.2 Å². The lowest BCUT2D eigenvalue weighted by atomic mass is 10.2. The smallest absolute Gasteiger partial charge is 0.419 e. The van der Waals surface area contributed by atoms with E-state index < -0.39 is 6.09 Å². The fourth-order valence-corrected chi connectivity index (χ4v) is 2.92. The van der Waals surface area contributed by atoms with Gasteiger partial charge in [-0.1, -0.05) is 0 Å². The number of carboxylic acid groups (broad SMARTS) is 1. The van der Waals surface area contributed by atoms with Crippen molar-refractivity contribution in [2.45, 2.75) is 6.54 Å². The molecule has 0 radical (unpaired) electrons. The second-order valence-corrected chi connectivity index (χ2v) is 6.23. The first-order valence-corrected chi connectivity index (χ1v) is 7.96. The van der Waals surface area contributed by atoms with Crippen LogP contribution in [0.1, 0.15) is 0 Å². The Morgan fingerprint density at radius 1 is 1.25 bits per heavy atom. The fraction of sp³-hybridized carbons (Fsp3) is 0.500. The molecule has 1 saturated heterocycles. The second-order valence-electron chi connectivity index (χ2n) is 6.23. The molecular weight excluding hydrogens is 312 g/mol. The van der Waals surface area contributed by atoms with Gasteiger partial charge in [0.25, 0.3) is 0 Å². The number of likely N-dealkylation sites (N-methyl/N-ethyl adjacent to an activating group) is 1. The van der Waals surface area contributed by atoms with E-state index in [-0.39, 0.29) is 5.76 Å². The van der Waals surface area contributed by atoms with Gasteiger partial charge in [0, 0.05) is 51.0 Å². The maximum absolute atomic E-state index is 12.0. The van der Waals surface area contributed by atoms with Crippen LogP contribution >= 0.6 is 0 Å². The minimum absolute atomic E-state index is 0.348. The summed E-state index contributed by atoms with van der Waals surface area (Å²) in [6.45, 7) is 3.54. The van der Waals surface area contributed by atoms with E-state index in [4.69, 9.17) is 9.52 Å². The van der Waals surface area contributed by atoms with Gasteiger partial charge in [-0.3, -0.25) is 4.57 Å². The monoisotopic (exact) mass is 334 g/mol. The lowest BCUT2D eigenvalue weighted by molar-refractivity contribution is 0.142. The van der Waals surface area contributed by atoms with Crippen molar-refractivity contribution in [1.29, 1.82) is 0 Å². The molecule has 2 heterocycles. The standard InChI is InChI=1S/C16H22N4O4/c1-17(2)5-10-20-13-4-3-12(11-14(13)24-16(20)23)18-6-8-19(9-7-18)15(21)22/h3-4,11H,5-10H2,1-2H3,(H,21,22). The Morgan fingerprint density at radius 2 is 1.96 bits per heavy atom. The van der Waals surface area contributed by atoms with Gasteiger partial charge in [-0.2, -0.15) is 0 Å². The van der Waals surface area contributed by atoms with Crippen LogP contribution in [0.3, 0.4) is 0 Å². The average Bonchev–Trinajstić information content (AvgIpc) is 2.87. The third-order valence-corrected chi connectivity index (χ3v) is 4.34. The third-order valence-electron chi connectivity index (χ3n) is 4.34. The quantitative estimate of drug-likeness (QED) is 0.897. The molecule has 24 heavy (non-hydrogen) atoms. The van der Waals surface area contributed by atoms with Crippen molar-refractivity contribution in [3.05, 3.63) is 28.7 Å². The molecule has 8 nitrogen and oxygen atoms in total. The van der Waals surface area contributed by atoms with Gasteiger partial charge in [0.1, 0.15) is 0 Å².